The lowest BCUT2D eigenvalue weighted by atomic mass is 9.99. The number of aliphatic hydroxyl groups is 8. The van der Waals surface area contributed by atoms with Crippen LogP contribution in [0, 0.1) is 0 Å². The number of rotatable bonds is 9. The molecular formula is C13H20O13. The first kappa shape index (κ1) is 22.3. The summed E-state index contributed by atoms with van der Waals surface area (Å²) in [5, 5.41) is 74.5. The smallest absolute Gasteiger partial charge is 0.379 e. The lowest BCUT2D eigenvalue weighted by Gasteiger charge is -2.28. The van der Waals surface area contributed by atoms with Crippen molar-refractivity contribution in [3.63, 3.8) is 0 Å². The molecule has 0 spiro atoms. The fourth-order valence-corrected chi connectivity index (χ4v) is 2.07. The largest absolute Gasteiger partial charge is 0.449 e. The molecule has 1 aliphatic heterocycles. The number of hydrogen-bond acceptors (Lipinski definition) is 13. The highest BCUT2D eigenvalue weighted by Gasteiger charge is 2.51. The van der Waals surface area contributed by atoms with Gasteiger partial charge in [0, 0.05) is 0 Å². The molecule has 0 radical (unpaired) electrons. The lowest BCUT2D eigenvalue weighted by Crippen LogP contribution is -2.53. The molecule has 1 heterocycles. The Balaban J connectivity index is 2.81. The van der Waals surface area contributed by atoms with Crippen LogP contribution in [0.1, 0.15) is 0 Å². The first-order valence-electron chi connectivity index (χ1n) is 7.32. The number of hydrogen-bond donors (Lipinski definition) is 8. The number of esters is 2. The van der Waals surface area contributed by atoms with E-state index in [2.05, 4.69) is 9.47 Å². The first-order chi connectivity index (χ1) is 12.1. The first-order valence-corrected chi connectivity index (χ1v) is 7.32. The van der Waals surface area contributed by atoms with E-state index in [1.807, 2.05) is 0 Å². The van der Waals surface area contributed by atoms with Gasteiger partial charge in [0.1, 0.15) is 30.5 Å². The number of carbonyl (C=O) groups is 3. The van der Waals surface area contributed by atoms with Crippen LogP contribution in [0.3, 0.4) is 0 Å². The third kappa shape index (κ3) is 4.72. The van der Waals surface area contributed by atoms with Crippen molar-refractivity contribution in [1.29, 1.82) is 0 Å². The number of Topliss-reactive ketones (excluding diaryl/α,β-unsaturated/α-hetero) is 1. The quantitative estimate of drug-likeness (QED) is 0.137. The minimum atomic E-state index is -2.54. The van der Waals surface area contributed by atoms with Crippen LogP contribution in [0.25, 0.3) is 0 Å². The van der Waals surface area contributed by atoms with Crippen LogP contribution in [0.2, 0.25) is 0 Å². The average molecular weight is 384 g/mol. The van der Waals surface area contributed by atoms with E-state index in [-0.39, 0.29) is 0 Å². The highest BCUT2D eigenvalue weighted by molar-refractivity contribution is 6.37. The van der Waals surface area contributed by atoms with Crippen molar-refractivity contribution in [2.24, 2.45) is 0 Å². The minimum Gasteiger partial charge on any atom is -0.449 e. The Bertz CT molecular complexity index is 522. The third-order valence-corrected chi connectivity index (χ3v) is 3.66. The topological polar surface area (TPSA) is 232 Å². The van der Waals surface area contributed by atoms with E-state index < -0.39 is 79.8 Å². The Morgan fingerprint density at radius 1 is 0.962 bits per heavy atom. The van der Waals surface area contributed by atoms with E-state index >= 15 is 0 Å². The minimum absolute atomic E-state index is 0.950. The second-order valence-corrected chi connectivity index (χ2v) is 5.51. The molecule has 0 aliphatic carbocycles. The van der Waals surface area contributed by atoms with E-state index in [0.29, 0.717) is 0 Å². The third-order valence-electron chi connectivity index (χ3n) is 3.66. The number of aliphatic hydroxyl groups excluding tert-OH is 8. The van der Waals surface area contributed by atoms with Gasteiger partial charge in [-0.1, -0.05) is 0 Å². The summed E-state index contributed by atoms with van der Waals surface area (Å²) in [7, 11) is 0. The Morgan fingerprint density at radius 2 is 1.54 bits per heavy atom. The van der Waals surface area contributed by atoms with Gasteiger partial charge in [0.15, 0.2) is 12.2 Å². The van der Waals surface area contributed by atoms with Crippen LogP contribution in [0.4, 0.5) is 0 Å². The van der Waals surface area contributed by atoms with Gasteiger partial charge < -0.3 is 50.3 Å². The van der Waals surface area contributed by atoms with Crippen LogP contribution in [0.15, 0.2) is 0 Å². The molecule has 0 saturated carbocycles. The summed E-state index contributed by atoms with van der Waals surface area (Å²) >= 11 is 0. The monoisotopic (exact) mass is 384 g/mol. The predicted molar refractivity (Wildman–Crippen MR) is 75.0 cm³/mol. The van der Waals surface area contributed by atoms with E-state index in [1.165, 1.54) is 0 Å². The fraction of sp³-hybridized carbons (Fsp3) is 0.769. The molecule has 26 heavy (non-hydrogen) atoms. The Morgan fingerprint density at radius 3 is 2.04 bits per heavy atom. The van der Waals surface area contributed by atoms with E-state index in [1.54, 1.807) is 0 Å². The van der Waals surface area contributed by atoms with Crippen molar-refractivity contribution in [3.8, 4) is 0 Å². The van der Waals surface area contributed by atoms with Gasteiger partial charge in [0.2, 0.25) is 6.10 Å². The summed E-state index contributed by atoms with van der Waals surface area (Å²) in [6, 6.07) is 0. The van der Waals surface area contributed by atoms with Crippen LogP contribution < -0.4 is 0 Å². The van der Waals surface area contributed by atoms with Gasteiger partial charge in [0.25, 0.3) is 5.78 Å². The summed E-state index contributed by atoms with van der Waals surface area (Å²) in [4.78, 5) is 34.6. The molecule has 0 bridgehead atoms. The van der Waals surface area contributed by atoms with Crippen LogP contribution >= 0.6 is 0 Å². The summed E-state index contributed by atoms with van der Waals surface area (Å²) < 4.78 is 8.95. The second kappa shape index (κ2) is 9.29. The van der Waals surface area contributed by atoms with Gasteiger partial charge in [-0.05, 0) is 0 Å². The van der Waals surface area contributed by atoms with Crippen molar-refractivity contribution in [3.05, 3.63) is 0 Å². The molecule has 150 valence electrons. The predicted octanol–water partition coefficient (Wildman–Crippen LogP) is -6.46. The molecule has 8 N–H and O–H groups in total. The Hall–Kier alpha value is -1.71. The number of carbonyl (C=O) groups excluding carboxylic acids is 3. The molecule has 1 unspecified atom stereocenters. The maximum atomic E-state index is 11.8. The normalized spacial score (nSPS) is 27.2. The molecule has 0 amide bonds. The number of ketones is 1. The molecule has 1 aliphatic rings. The molecule has 1 fully saturated rings. The zero-order chi connectivity index (χ0) is 20.2. The second-order valence-electron chi connectivity index (χ2n) is 5.51. The van der Waals surface area contributed by atoms with Gasteiger partial charge in [-0.3, -0.25) is 4.79 Å². The molecule has 13 nitrogen and oxygen atoms in total. The molecule has 1 rings (SSSR count). The van der Waals surface area contributed by atoms with Gasteiger partial charge in [-0.15, -0.1) is 0 Å². The molecule has 0 aromatic carbocycles. The number of cyclic esters (lactones) is 1. The summed E-state index contributed by atoms with van der Waals surface area (Å²) in [6.45, 7) is -1.95. The maximum Gasteiger partial charge on any atom is 0.379 e. The Kier molecular flexibility index (Phi) is 7.98. The van der Waals surface area contributed by atoms with E-state index in [4.69, 9.17) is 15.3 Å². The van der Waals surface area contributed by atoms with Crippen molar-refractivity contribution in [2.75, 3.05) is 13.2 Å². The van der Waals surface area contributed by atoms with E-state index in [0.717, 1.165) is 0 Å². The molecule has 13 heteroatoms. The molecular weight excluding hydrogens is 364 g/mol. The zero-order valence-corrected chi connectivity index (χ0v) is 13.2. The lowest BCUT2D eigenvalue weighted by molar-refractivity contribution is -0.184. The van der Waals surface area contributed by atoms with Gasteiger partial charge in [-0.25, -0.2) is 9.59 Å². The van der Waals surface area contributed by atoms with Crippen molar-refractivity contribution in [2.45, 2.75) is 48.8 Å². The van der Waals surface area contributed by atoms with Gasteiger partial charge >= 0.3 is 11.9 Å². The fourth-order valence-electron chi connectivity index (χ4n) is 2.07. The maximum absolute atomic E-state index is 11.8. The molecule has 0 aromatic heterocycles. The zero-order valence-electron chi connectivity index (χ0n) is 13.2. The average Bonchev–Trinajstić information content (AvgIpc) is 2.92. The molecule has 1 saturated heterocycles. The van der Waals surface area contributed by atoms with Crippen LogP contribution in [0.5, 0.6) is 0 Å². The van der Waals surface area contributed by atoms with Crippen molar-refractivity contribution in [1.82, 2.24) is 0 Å². The van der Waals surface area contributed by atoms with Crippen molar-refractivity contribution < 1.29 is 64.7 Å². The summed E-state index contributed by atoms with van der Waals surface area (Å²) in [6.07, 6.45) is -16.8. The van der Waals surface area contributed by atoms with E-state index in [9.17, 15) is 39.9 Å². The summed E-state index contributed by atoms with van der Waals surface area (Å²) in [5.41, 5.74) is 0. The van der Waals surface area contributed by atoms with Crippen LogP contribution in [-0.2, 0) is 23.9 Å². The Labute approximate surface area is 145 Å². The van der Waals surface area contributed by atoms with Gasteiger partial charge in [-0.2, -0.15) is 0 Å². The SMILES string of the molecule is O=C1O[C@H]([C@@H](O)CO)C(OC(=O)[C@@H](O)[C@@H](O)[C@H](O)[C@H](O)[C@@H](O)CO)C1=O. The van der Waals surface area contributed by atoms with Crippen molar-refractivity contribution >= 4 is 17.7 Å². The van der Waals surface area contributed by atoms with Crippen LogP contribution in [-0.4, -0.2) is 121 Å². The molecule has 8 atom stereocenters. The number of ether oxygens (including phenoxy) is 2. The highest BCUT2D eigenvalue weighted by Crippen LogP contribution is 2.20. The standard InChI is InChI=1S/C13H20O13/c14-1-3(16)5(18)6(19)7(20)8(21)12(23)26-11-9(22)13(24)25-10(11)4(17)2-15/h3-8,10-11,14-21H,1-2H2/t3-,4-,5+,6+,7-,8-,10+,11?/m0/s1. The molecule has 0 aromatic rings. The summed E-state index contributed by atoms with van der Waals surface area (Å²) in [5.74, 6) is -4.58. The van der Waals surface area contributed by atoms with Gasteiger partial charge in [0.05, 0.1) is 13.2 Å². The highest BCUT2D eigenvalue weighted by atomic mass is 16.6.